The van der Waals surface area contributed by atoms with Crippen molar-refractivity contribution in [3.05, 3.63) is 0 Å². The second kappa shape index (κ2) is 3.92. The van der Waals surface area contributed by atoms with Crippen LogP contribution in [0.3, 0.4) is 0 Å². The second-order valence-electron chi connectivity index (χ2n) is 0.816. The van der Waals surface area contributed by atoms with Gasteiger partial charge >= 0.3 is 39.6 Å². The number of hydrogen-bond donors (Lipinski definition) is 0. The van der Waals surface area contributed by atoms with Gasteiger partial charge in [-0.05, 0) is 0 Å². The number of rotatable bonds is 1. The third kappa shape index (κ3) is 2.92. The topological polar surface area (TPSA) is 0 Å². The van der Waals surface area contributed by atoms with Crippen molar-refractivity contribution >= 4 is 24.2 Å². The van der Waals surface area contributed by atoms with E-state index in [2.05, 4.69) is 11.4 Å². The Labute approximate surface area is 41.3 Å². The van der Waals surface area contributed by atoms with Gasteiger partial charge in [0.25, 0.3) is 0 Å². The molecular formula is C3H9Tl. The second-order valence-corrected chi connectivity index (χ2v) is 7.16. The fourth-order valence-corrected chi connectivity index (χ4v) is 0. The Morgan fingerprint density at radius 2 is 2.25 bits per heavy atom. The molecule has 0 amide bonds. The monoisotopic (exact) mass is 250 g/mol. The predicted octanol–water partition coefficient (Wildman–Crippen LogP) is 1.29. The van der Waals surface area contributed by atoms with Gasteiger partial charge in [0, 0.05) is 0 Å². The molecule has 0 atom stereocenters. The van der Waals surface area contributed by atoms with Gasteiger partial charge in [0.1, 0.15) is 0 Å². The van der Waals surface area contributed by atoms with Crippen LogP contribution in [0.15, 0.2) is 0 Å². The van der Waals surface area contributed by atoms with E-state index >= 15 is 0 Å². The Balaban J connectivity index is 0. The first kappa shape index (κ1) is 4.92. The standard InChI is InChI=1S/C2H5.CH3.Tl.H/c1-2;;;/h1H2,2H3;1H3;;/q;;+1;-1. The van der Waals surface area contributed by atoms with Crippen molar-refractivity contribution in [2.75, 3.05) is 0 Å². The van der Waals surface area contributed by atoms with E-state index < -0.39 is 0 Å². The van der Waals surface area contributed by atoms with E-state index in [0.717, 1.165) is 0 Å². The van der Waals surface area contributed by atoms with E-state index in [0.29, 0.717) is 0 Å². The minimum absolute atomic E-state index is 0. The maximum absolute atomic E-state index is 2.39. The summed E-state index contributed by atoms with van der Waals surface area (Å²) < 4.78 is 3.92. The summed E-state index contributed by atoms with van der Waals surface area (Å²) in [6, 6.07) is 0. The Morgan fingerprint density at radius 1 is 2.00 bits per heavy atom. The van der Waals surface area contributed by atoms with Crippen LogP contribution in [-0.4, -0.2) is 24.2 Å². The van der Waals surface area contributed by atoms with Crippen LogP contribution in [-0.2, 0) is 0 Å². The average Bonchev–Trinajstić information content (AvgIpc) is 1.37. The molecule has 1 heteroatoms. The molecule has 0 saturated heterocycles. The van der Waals surface area contributed by atoms with Crippen LogP contribution in [0.1, 0.15) is 8.35 Å². The van der Waals surface area contributed by atoms with E-state index in [1.807, 2.05) is 0 Å². The van der Waals surface area contributed by atoms with Gasteiger partial charge in [-0.1, -0.05) is 0 Å². The van der Waals surface area contributed by atoms with Crippen molar-refractivity contribution in [3.63, 3.8) is 0 Å². The molecular weight excluding hydrogens is 240 g/mol. The molecule has 0 aliphatic rings. The third-order valence-corrected chi connectivity index (χ3v) is 3.58. The van der Waals surface area contributed by atoms with Gasteiger partial charge in [0.05, 0.1) is 0 Å². The Morgan fingerprint density at radius 3 is 2.25 bits per heavy atom. The summed E-state index contributed by atoms with van der Waals surface area (Å²) >= 11 is -0.0231. The summed E-state index contributed by atoms with van der Waals surface area (Å²) in [6.45, 7) is 2.27. The van der Waals surface area contributed by atoms with Gasteiger partial charge in [-0.2, -0.15) is 0 Å². The van der Waals surface area contributed by atoms with Crippen LogP contribution in [0.5, 0.6) is 0 Å². The minimum Gasteiger partial charge on any atom is -1.00 e. The third-order valence-electron chi connectivity index (χ3n) is 0.408. The van der Waals surface area contributed by atoms with Crippen LogP contribution < -0.4 is 0 Å². The Kier molecular flexibility index (Phi) is 4.83. The molecule has 0 radical (unpaired) electrons. The molecule has 0 aromatic rings. The van der Waals surface area contributed by atoms with E-state index in [4.69, 9.17) is 0 Å². The smallest absolute Gasteiger partial charge is 1.00 e. The first-order valence-electron chi connectivity index (χ1n) is 1.69. The Hall–Kier alpha value is 0.922. The van der Waals surface area contributed by atoms with Crippen molar-refractivity contribution in [1.82, 2.24) is 0 Å². The van der Waals surface area contributed by atoms with Crippen LogP contribution >= 0.6 is 0 Å². The van der Waals surface area contributed by atoms with Gasteiger partial charge in [0.2, 0.25) is 0 Å². The molecule has 0 fully saturated rings. The van der Waals surface area contributed by atoms with Gasteiger partial charge < -0.3 is 1.43 Å². The molecule has 4 heavy (non-hydrogen) atoms. The average molecular weight is 249 g/mol. The molecule has 0 bridgehead atoms. The van der Waals surface area contributed by atoms with Crippen LogP contribution in [0.2, 0.25) is 8.46 Å². The van der Waals surface area contributed by atoms with Crippen molar-refractivity contribution in [2.45, 2.75) is 15.4 Å². The van der Waals surface area contributed by atoms with E-state index in [-0.39, 0.29) is 25.7 Å². The molecule has 24 valence electrons. The fourth-order valence-electron chi connectivity index (χ4n) is 0. The van der Waals surface area contributed by atoms with Crippen LogP contribution in [0, 0.1) is 0 Å². The molecule has 0 heterocycles. The summed E-state index contributed by atoms with van der Waals surface area (Å²) in [6.07, 6.45) is 0. The zero-order valence-corrected chi connectivity index (χ0v) is 7.77. The molecule has 0 saturated carbocycles. The summed E-state index contributed by atoms with van der Waals surface area (Å²) in [5.41, 5.74) is 0. The zero-order chi connectivity index (χ0) is 3.41. The quantitative estimate of drug-likeness (QED) is 0.614. The Bertz CT molecular complexity index is 8.85. The van der Waals surface area contributed by atoms with Gasteiger partial charge in [-0.25, -0.2) is 0 Å². The molecule has 0 spiro atoms. The maximum atomic E-state index is 2.39. The molecule has 0 aliphatic carbocycles. The SMILES string of the molecule is C[CH2][Tl+][CH3].[H-]. The molecule has 0 aromatic heterocycles. The maximum Gasteiger partial charge on any atom is -1.00 e. The predicted molar refractivity (Wildman–Crippen MR) is 23.2 cm³/mol. The van der Waals surface area contributed by atoms with Gasteiger partial charge in [-0.3, -0.25) is 0 Å². The van der Waals surface area contributed by atoms with E-state index in [1.165, 1.54) is 3.98 Å². The van der Waals surface area contributed by atoms with Gasteiger partial charge in [-0.15, -0.1) is 0 Å². The molecule has 0 N–H and O–H groups in total. The molecule has 0 rings (SSSR count). The van der Waals surface area contributed by atoms with Crippen LogP contribution in [0.4, 0.5) is 0 Å². The van der Waals surface area contributed by atoms with Crippen molar-refractivity contribution in [1.29, 1.82) is 0 Å². The largest absolute Gasteiger partial charge is 1.00 e. The zero-order valence-electron chi connectivity index (χ0n) is 4.28. The summed E-state index contributed by atoms with van der Waals surface area (Å²) in [7, 11) is 0. The molecule has 0 aromatic carbocycles. The van der Waals surface area contributed by atoms with Crippen molar-refractivity contribution in [2.24, 2.45) is 0 Å². The number of hydrogen-bond acceptors (Lipinski definition) is 0. The molecule has 0 nitrogen and oxygen atoms in total. The van der Waals surface area contributed by atoms with Gasteiger partial charge in [0.15, 0.2) is 0 Å². The van der Waals surface area contributed by atoms with E-state index in [1.54, 1.807) is 0 Å². The van der Waals surface area contributed by atoms with Crippen molar-refractivity contribution in [3.8, 4) is 0 Å². The normalized spacial score (nSPS) is 5.50. The van der Waals surface area contributed by atoms with Crippen molar-refractivity contribution < 1.29 is 1.43 Å². The summed E-state index contributed by atoms with van der Waals surface area (Å²) in [5, 5.41) is 0. The summed E-state index contributed by atoms with van der Waals surface area (Å²) in [4.78, 5) is 0. The fraction of sp³-hybridized carbons (Fsp3) is 1.00. The molecule has 0 unspecified atom stereocenters. The van der Waals surface area contributed by atoms with Crippen LogP contribution in [0.25, 0.3) is 0 Å². The minimum atomic E-state index is -0.0231. The summed E-state index contributed by atoms with van der Waals surface area (Å²) in [5.74, 6) is 0. The first-order valence-corrected chi connectivity index (χ1v) is 9.36. The first-order chi connectivity index (χ1) is 1.91. The molecule has 0 aliphatic heterocycles. The van der Waals surface area contributed by atoms with E-state index in [9.17, 15) is 0 Å².